The van der Waals surface area contributed by atoms with Gasteiger partial charge in [-0.3, -0.25) is 9.69 Å². The molecule has 2 aromatic carbocycles. The van der Waals surface area contributed by atoms with Crippen LogP contribution in [-0.2, 0) is 17.8 Å². The molecule has 1 amide bonds. The minimum atomic E-state index is -0.469. The van der Waals surface area contributed by atoms with Gasteiger partial charge in [0.05, 0.1) is 6.04 Å². The Morgan fingerprint density at radius 2 is 1.93 bits per heavy atom. The molecule has 150 valence electrons. The highest BCUT2D eigenvalue weighted by Crippen LogP contribution is 2.28. The molecule has 29 heavy (non-hydrogen) atoms. The van der Waals surface area contributed by atoms with Gasteiger partial charge in [0.2, 0.25) is 0 Å². The number of hydrogen-bond acceptors (Lipinski definition) is 4. The van der Waals surface area contributed by atoms with Gasteiger partial charge in [-0.05, 0) is 52.1 Å². The fourth-order valence-corrected chi connectivity index (χ4v) is 4.38. The number of para-hydroxylation sites is 1. The summed E-state index contributed by atoms with van der Waals surface area (Å²) in [6, 6.07) is 16.8. The van der Waals surface area contributed by atoms with Crippen LogP contribution in [0.2, 0.25) is 0 Å². The van der Waals surface area contributed by atoms with E-state index in [-0.39, 0.29) is 24.3 Å². The van der Waals surface area contributed by atoms with Crippen molar-refractivity contribution >= 4 is 17.2 Å². The Hall–Kier alpha value is -2.70. The van der Waals surface area contributed by atoms with Gasteiger partial charge < -0.3 is 10.1 Å². The Morgan fingerprint density at radius 3 is 2.72 bits per heavy atom. The first-order valence-electron chi connectivity index (χ1n) is 9.67. The molecule has 6 heteroatoms. The molecule has 0 saturated heterocycles. The largest absolute Gasteiger partial charge is 0.481 e. The van der Waals surface area contributed by atoms with E-state index in [1.165, 1.54) is 28.8 Å². The third-order valence-electron chi connectivity index (χ3n) is 5.22. The molecule has 4 nitrogen and oxygen atoms in total. The molecule has 0 fully saturated rings. The van der Waals surface area contributed by atoms with Crippen LogP contribution in [0.3, 0.4) is 0 Å². The Morgan fingerprint density at radius 1 is 1.14 bits per heavy atom. The van der Waals surface area contributed by atoms with Crippen molar-refractivity contribution in [2.45, 2.75) is 19.0 Å². The van der Waals surface area contributed by atoms with Gasteiger partial charge in [-0.25, -0.2) is 4.39 Å². The highest BCUT2D eigenvalue weighted by Gasteiger charge is 2.25. The predicted molar refractivity (Wildman–Crippen MR) is 113 cm³/mol. The molecule has 4 rings (SSSR count). The summed E-state index contributed by atoms with van der Waals surface area (Å²) >= 11 is 1.66. The number of benzene rings is 2. The van der Waals surface area contributed by atoms with E-state index in [1.807, 2.05) is 0 Å². The van der Waals surface area contributed by atoms with E-state index in [0.29, 0.717) is 6.54 Å². The maximum atomic E-state index is 13.6. The van der Waals surface area contributed by atoms with Crippen molar-refractivity contribution in [2.24, 2.45) is 0 Å². The van der Waals surface area contributed by atoms with E-state index in [4.69, 9.17) is 4.74 Å². The van der Waals surface area contributed by atoms with E-state index < -0.39 is 5.82 Å². The summed E-state index contributed by atoms with van der Waals surface area (Å²) in [5, 5.41) is 7.15. The van der Waals surface area contributed by atoms with Gasteiger partial charge in [0.1, 0.15) is 0 Å². The lowest BCUT2D eigenvalue weighted by molar-refractivity contribution is -0.123. The minimum absolute atomic E-state index is 0.0877. The van der Waals surface area contributed by atoms with E-state index >= 15 is 0 Å². The van der Waals surface area contributed by atoms with Crippen LogP contribution in [0.5, 0.6) is 5.75 Å². The van der Waals surface area contributed by atoms with E-state index in [1.54, 1.807) is 23.5 Å². The zero-order valence-electron chi connectivity index (χ0n) is 16.0. The number of carbonyl (C=O) groups excluding carboxylic acids is 1. The maximum absolute atomic E-state index is 13.6. The Kier molecular flexibility index (Phi) is 6.22. The quantitative estimate of drug-likeness (QED) is 0.635. The average molecular weight is 411 g/mol. The number of ether oxygens (including phenoxy) is 1. The molecular formula is C23H23FN2O2S. The highest BCUT2D eigenvalue weighted by atomic mass is 32.1. The van der Waals surface area contributed by atoms with Gasteiger partial charge in [0.15, 0.2) is 18.2 Å². The van der Waals surface area contributed by atoms with Crippen molar-refractivity contribution in [3.8, 4) is 5.75 Å². The van der Waals surface area contributed by atoms with Gasteiger partial charge >= 0.3 is 0 Å². The number of halogens is 1. The number of nitrogens with one attached hydrogen (secondary N) is 1. The molecule has 2 heterocycles. The molecule has 1 aromatic heterocycles. The van der Waals surface area contributed by atoms with Crippen molar-refractivity contribution in [1.82, 2.24) is 10.2 Å². The molecule has 1 aliphatic heterocycles. The molecule has 1 atom stereocenters. The first kappa shape index (κ1) is 19.6. The van der Waals surface area contributed by atoms with Crippen LogP contribution in [0.1, 0.15) is 22.7 Å². The number of amides is 1. The number of nitrogens with zero attached hydrogens (tertiary/aromatic N) is 1. The summed E-state index contributed by atoms with van der Waals surface area (Å²) in [7, 11) is 0. The lowest BCUT2D eigenvalue weighted by Gasteiger charge is -2.35. The number of rotatable bonds is 7. The van der Waals surface area contributed by atoms with Crippen LogP contribution < -0.4 is 10.1 Å². The summed E-state index contributed by atoms with van der Waals surface area (Å²) < 4.78 is 19.0. The summed E-state index contributed by atoms with van der Waals surface area (Å²) in [6.07, 6.45) is 1.00. The lowest BCUT2D eigenvalue weighted by atomic mass is 9.97. The second-order valence-electron chi connectivity index (χ2n) is 7.08. The van der Waals surface area contributed by atoms with Crippen LogP contribution in [0.15, 0.2) is 65.4 Å². The molecule has 0 unspecified atom stereocenters. The first-order valence-corrected chi connectivity index (χ1v) is 10.6. The Bertz CT molecular complexity index is 961. The molecule has 3 aromatic rings. The molecule has 0 radical (unpaired) electrons. The highest BCUT2D eigenvalue weighted by molar-refractivity contribution is 7.07. The number of fused-ring (bicyclic) bond motifs is 1. The zero-order chi connectivity index (χ0) is 20.1. The first-order chi connectivity index (χ1) is 14.2. The third kappa shape index (κ3) is 4.83. The summed E-state index contributed by atoms with van der Waals surface area (Å²) in [4.78, 5) is 14.7. The van der Waals surface area contributed by atoms with Crippen LogP contribution in [0, 0.1) is 5.82 Å². The molecule has 1 aliphatic rings. The second-order valence-corrected chi connectivity index (χ2v) is 7.86. The Labute approximate surface area is 173 Å². The number of carbonyl (C=O) groups is 1. The molecule has 0 aliphatic carbocycles. The zero-order valence-corrected chi connectivity index (χ0v) is 16.8. The number of thiophene rings is 1. The van der Waals surface area contributed by atoms with Crippen LogP contribution >= 0.6 is 11.3 Å². The van der Waals surface area contributed by atoms with Crippen molar-refractivity contribution in [2.75, 3.05) is 19.7 Å². The Balaban J connectivity index is 1.38. The molecule has 1 N–H and O–H groups in total. The summed E-state index contributed by atoms with van der Waals surface area (Å²) in [5.41, 5.74) is 3.94. The van der Waals surface area contributed by atoms with Crippen molar-refractivity contribution in [1.29, 1.82) is 0 Å². The van der Waals surface area contributed by atoms with Crippen LogP contribution in [0.4, 0.5) is 4.39 Å². The smallest absolute Gasteiger partial charge is 0.258 e. The van der Waals surface area contributed by atoms with Crippen LogP contribution in [0.25, 0.3) is 0 Å². The SMILES string of the molecule is O=C(COc1ccccc1F)NC[C@H](c1ccsc1)N1CCc2ccccc2C1. The molecular weight excluding hydrogens is 387 g/mol. The van der Waals surface area contributed by atoms with E-state index in [0.717, 1.165) is 19.5 Å². The average Bonchev–Trinajstić information content (AvgIpc) is 3.28. The van der Waals surface area contributed by atoms with Crippen molar-refractivity contribution < 1.29 is 13.9 Å². The monoisotopic (exact) mass is 410 g/mol. The fourth-order valence-electron chi connectivity index (χ4n) is 3.67. The van der Waals surface area contributed by atoms with E-state index in [9.17, 15) is 9.18 Å². The normalized spacial score (nSPS) is 14.8. The fraction of sp³-hybridized carbons (Fsp3) is 0.261. The topological polar surface area (TPSA) is 41.6 Å². The molecule has 0 bridgehead atoms. The van der Waals surface area contributed by atoms with Crippen molar-refractivity contribution in [3.63, 3.8) is 0 Å². The van der Waals surface area contributed by atoms with Gasteiger partial charge in [-0.1, -0.05) is 36.4 Å². The summed E-state index contributed by atoms with van der Waals surface area (Å²) in [6.45, 7) is 2.08. The maximum Gasteiger partial charge on any atom is 0.258 e. The van der Waals surface area contributed by atoms with Gasteiger partial charge in [-0.2, -0.15) is 11.3 Å². The lowest BCUT2D eigenvalue weighted by Crippen LogP contribution is -2.41. The number of hydrogen-bond donors (Lipinski definition) is 1. The van der Waals surface area contributed by atoms with Gasteiger partial charge in [0.25, 0.3) is 5.91 Å². The standard InChI is InChI=1S/C23H23FN2O2S/c24-20-7-3-4-8-22(20)28-15-23(27)25-13-21(19-10-12-29-16-19)26-11-9-17-5-1-2-6-18(17)14-26/h1-8,10,12,16,21H,9,11,13-15H2,(H,25,27)/t21-/m1/s1. The van der Waals surface area contributed by atoms with Crippen molar-refractivity contribution in [3.05, 3.63) is 87.9 Å². The van der Waals surface area contributed by atoms with Crippen LogP contribution in [-0.4, -0.2) is 30.5 Å². The van der Waals surface area contributed by atoms with Gasteiger partial charge in [-0.15, -0.1) is 0 Å². The van der Waals surface area contributed by atoms with E-state index in [2.05, 4.69) is 51.3 Å². The summed E-state index contributed by atoms with van der Waals surface area (Å²) in [5.74, 6) is -0.640. The predicted octanol–water partition coefficient (Wildman–Crippen LogP) is 4.18. The minimum Gasteiger partial charge on any atom is -0.481 e. The molecule has 0 saturated carbocycles. The molecule has 0 spiro atoms. The third-order valence-corrected chi connectivity index (χ3v) is 5.92. The second kappa shape index (κ2) is 9.20. The van der Waals surface area contributed by atoms with Gasteiger partial charge in [0, 0.05) is 19.6 Å².